The van der Waals surface area contributed by atoms with Crippen molar-refractivity contribution in [2.75, 3.05) is 13.9 Å². The first-order chi connectivity index (χ1) is 7.98. The topological polar surface area (TPSA) is 42.2 Å². The minimum atomic E-state index is -3.56. The van der Waals surface area contributed by atoms with Crippen molar-refractivity contribution in [3.63, 3.8) is 0 Å². The highest BCUT2D eigenvalue weighted by atomic mass is 32.2. The fourth-order valence-corrected chi connectivity index (χ4v) is 1.59. The van der Waals surface area contributed by atoms with Crippen molar-refractivity contribution in [1.82, 2.24) is 0 Å². The molecule has 0 saturated carbocycles. The SMILES string of the molecule is COCOc1cc(SC(F)(F)C#N)ccc1F. The van der Waals surface area contributed by atoms with Gasteiger partial charge >= 0.3 is 5.25 Å². The van der Waals surface area contributed by atoms with E-state index in [1.165, 1.54) is 7.11 Å². The maximum atomic E-state index is 13.2. The van der Waals surface area contributed by atoms with Crippen LogP contribution < -0.4 is 4.74 Å². The maximum Gasteiger partial charge on any atom is 0.384 e. The fraction of sp³-hybridized carbons (Fsp3) is 0.300. The number of hydrogen-bond donors (Lipinski definition) is 0. The zero-order valence-corrected chi connectivity index (χ0v) is 9.56. The highest BCUT2D eigenvalue weighted by molar-refractivity contribution is 8.00. The van der Waals surface area contributed by atoms with Crippen LogP contribution in [0.2, 0.25) is 0 Å². The number of halogens is 3. The lowest BCUT2D eigenvalue weighted by Crippen LogP contribution is -2.06. The standard InChI is InChI=1S/C10H8F3NO2S/c1-15-6-16-9-4-7(2-3-8(9)11)17-10(12,13)5-14/h2-4H,6H2,1H3. The molecule has 1 rings (SSSR count). The Bertz CT molecular complexity index is 434. The number of thioether (sulfide) groups is 1. The van der Waals surface area contributed by atoms with Gasteiger partial charge in [0.25, 0.3) is 0 Å². The summed E-state index contributed by atoms with van der Waals surface area (Å²) in [5.41, 5.74) is 0. The van der Waals surface area contributed by atoms with Gasteiger partial charge in [0.1, 0.15) is 0 Å². The largest absolute Gasteiger partial charge is 0.464 e. The summed E-state index contributed by atoms with van der Waals surface area (Å²) in [7, 11) is 1.35. The first-order valence-electron chi connectivity index (χ1n) is 4.38. The second kappa shape index (κ2) is 5.80. The minimum Gasteiger partial charge on any atom is -0.464 e. The van der Waals surface area contributed by atoms with E-state index in [4.69, 9.17) is 10.00 Å². The van der Waals surface area contributed by atoms with Crippen LogP contribution in [0.4, 0.5) is 13.2 Å². The van der Waals surface area contributed by atoms with Crippen molar-refractivity contribution in [3.05, 3.63) is 24.0 Å². The molecule has 0 unspecified atom stereocenters. The Morgan fingerprint density at radius 3 is 2.76 bits per heavy atom. The number of benzene rings is 1. The van der Waals surface area contributed by atoms with Gasteiger partial charge in [-0.05, 0) is 30.0 Å². The summed E-state index contributed by atoms with van der Waals surface area (Å²) in [5, 5.41) is 4.62. The number of hydrogen-bond acceptors (Lipinski definition) is 4. The molecule has 0 aliphatic carbocycles. The molecule has 0 heterocycles. The van der Waals surface area contributed by atoms with Crippen LogP contribution in [-0.2, 0) is 4.74 Å². The van der Waals surface area contributed by atoms with Crippen LogP contribution in [-0.4, -0.2) is 19.2 Å². The van der Waals surface area contributed by atoms with Crippen LogP contribution in [0.25, 0.3) is 0 Å². The van der Waals surface area contributed by atoms with Gasteiger partial charge in [-0.25, -0.2) is 4.39 Å². The van der Waals surface area contributed by atoms with E-state index in [0.717, 1.165) is 24.3 Å². The molecule has 3 nitrogen and oxygen atoms in total. The molecule has 0 amide bonds. The molecule has 0 radical (unpaired) electrons. The van der Waals surface area contributed by atoms with E-state index in [1.54, 1.807) is 0 Å². The third-order valence-corrected chi connectivity index (χ3v) is 2.45. The minimum absolute atomic E-state index is 0.0203. The first-order valence-corrected chi connectivity index (χ1v) is 5.19. The zero-order valence-electron chi connectivity index (χ0n) is 8.75. The zero-order chi connectivity index (χ0) is 12.9. The van der Waals surface area contributed by atoms with Crippen LogP contribution in [0, 0.1) is 17.1 Å². The van der Waals surface area contributed by atoms with Crippen molar-refractivity contribution >= 4 is 11.8 Å². The fourth-order valence-electron chi connectivity index (χ4n) is 0.951. The van der Waals surface area contributed by atoms with Gasteiger partial charge in [-0.3, -0.25) is 0 Å². The van der Waals surface area contributed by atoms with Crippen molar-refractivity contribution in [2.45, 2.75) is 10.2 Å². The van der Waals surface area contributed by atoms with Gasteiger partial charge in [-0.15, -0.1) is 0 Å². The van der Waals surface area contributed by atoms with E-state index in [0.29, 0.717) is 0 Å². The van der Waals surface area contributed by atoms with E-state index in [9.17, 15) is 13.2 Å². The lowest BCUT2D eigenvalue weighted by Gasteiger charge is -2.10. The van der Waals surface area contributed by atoms with Gasteiger partial charge in [0.05, 0.1) is 0 Å². The Balaban J connectivity index is 2.85. The molecular formula is C10H8F3NO2S. The van der Waals surface area contributed by atoms with Crippen molar-refractivity contribution in [2.24, 2.45) is 0 Å². The summed E-state index contributed by atoms with van der Waals surface area (Å²) in [4.78, 5) is 0.0315. The molecule has 0 aromatic heterocycles. The van der Waals surface area contributed by atoms with Crippen molar-refractivity contribution in [1.29, 1.82) is 5.26 Å². The molecule has 7 heteroatoms. The summed E-state index contributed by atoms with van der Waals surface area (Å²) >= 11 is 0.0203. The third-order valence-electron chi connectivity index (χ3n) is 1.61. The molecule has 0 aliphatic heterocycles. The molecule has 92 valence electrons. The van der Waals surface area contributed by atoms with E-state index in [2.05, 4.69) is 4.74 Å². The van der Waals surface area contributed by atoms with E-state index in [-0.39, 0.29) is 29.2 Å². The summed E-state index contributed by atoms with van der Waals surface area (Å²) in [5.74, 6) is -0.891. The quantitative estimate of drug-likeness (QED) is 0.605. The van der Waals surface area contributed by atoms with Crippen LogP contribution in [0.1, 0.15) is 0 Å². The molecule has 0 aliphatic rings. The molecule has 1 aromatic rings. The molecule has 0 N–H and O–H groups in total. The molecule has 0 atom stereocenters. The number of nitriles is 1. The van der Waals surface area contributed by atoms with Gasteiger partial charge in [-0.2, -0.15) is 14.0 Å². The summed E-state index contributed by atoms with van der Waals surface area (Å²) in [6, 6.07) is 4.06. The predicted octanol–water partition coefficient (Wildman–Crippen LogP) is 3.02. The molecule has 0 bridgehead atoms. The highest BCUT2D eigenvalue weighted by Crippen LogP contribution is 2.37. The molecule has 17 heavy (non-hydrogen) atoms. The Kier molecular flexibility index (Phi) is 4.66. The molecule has 0 saturated heterocycles. The predicted molar refractivity (Wildman–Crippen MR) is 55.3 cm³/mol. The third kappa shape index (κ3) is 4.17. The average molecular weight is 263 g/mol. The number of alkyl halides is 2. The summed E-state index contributed by atoms with van der Waals surface area (Å²) in [6.45, 7) is -0.195. The van der Waals surface area contributed by atoms with Gasteiger partial charge in [0.15, 0.2) is 24.4 Å². The Morgan fingerprint density at radius 2 is 2.18 bits per heavy atom. The lowest BCUT2D eigenvalue weighted by atomic mass is 10.3. The van der Waals surface area contributed by atoms with Crippen molar-refractivity contribution in [3.8, 4) is 11.8 Å². The normalized spacial score (nSPS) is 11.0. The molecule has 1 aromatic carbocycles. The van der Waals surface area contributed by atoms with Gasteiger partial charge in [0, 0.05) is 12.0 Å². The number of ether oxygens (including phenoxy) is 2. The Labute approximate surface area is 100 Å². The van der Waals surface area contributed by atoms with E-state index < -0.39 is 11.1 Å². The Hall–Kier alpha value is -1.39. The molecule has 0 spiro atoms. The van der Waals surface area contributed by atoms with Gasteiger partial charge < -0.3 is 9.47 Å². The number of rotatable bonds is 5. The monoisotopic (exact) mass is 263 g/mol. The first kappa shape index (κ1) is 13.7. The van der Waals surface area contributed by atoms with Gasteiger partial charge in [0.2, 0.25) is 0 Å². The van der Waals surface area contributed by atoms with E-state index >= 15 is 0 Å². The second-order valence-corrected chi connectivity index (χ2v) is 4.06. The lowest BCUT2D eigenvalue weighted by molar-refractivity contribution is 0.0481. The van der Waals surface area contributed by atoms with Crippen LogP contribution in [0.5, 0.6) is 5.75 Å². The van der Waals surface area contributed by atoms with Crippen LogP contribution >= 0.6 is 11.8 Å². The highest BCUT2D eigenvalue weighted by Gasteiger charge is 2.30. The number of nitrogens with zero attached hydrogens (tertiary/aromatic N) is 1. The second-order valence-electron chi connectivity index (χ2n) is 2.87. The summed E-state index contributed by atoms with van der Waals surface area (Å²) in [6.07, 6.45) is 0. The molecular weight excluding hydrogens is 255 g/mol. The van der Waals surface area contributed by atoms with Crippen molar-refractivity contribution < 1.29 is 22.6 Å². The van der Waals surface area contributed by atoms with Crippen LogP contribution in [0.3, 0.4) is 0 Å². The maximum absolute atomic E-state index is 13.2. The Morgan fingerprint density at radius 1 is 1.47 bits per heavy atom. The van der Waals surface area contributed by atoms with E-state index in [1.807, 2.05) is 0 Å². The number of methoxy groups -OCH3 is 1. The van der Waals surface area contributed by atoms with Gasteiger partial charge in [-0.1, -0.05) is 0 Å². The smallest absolute Gasteiger partial charge is 0.384 e. The van der Waals surface area contributed by atoms with Crippen LogP contribution in [0.15, 0.2) is 23.1 Å². The summed E-state index contributed by atoms with van der Waals surface area (Å²) < 4.78 is 48.1. The molecule has 0 fully saturated rings. The average Bonchev–Trinajstić information content (AvgIpc) is 2.29.